The summed E-state index contributed by atoms with van der Waals surface area (Å²) in [6.45, 7) is -0.308. The summed E-state index contributed by atoms with van der Waals surface area (Å²) in [5, 5.41) is 17.6. The van der Waals surface area contributed by atoms with Crippen LogP contribution in [-0.2, 0) is 9.53 Å². The quantitative estimate of drug-likeness (QED) is 0.614. The van der Waals surface area contributed by atoms with Crippen LogP contribution in [0.1, 0.15) is 12.8 Å². The lowest BCUT2D eigenvalue weighted by atomic mass is 9.90. The molecule has 0 aromatic carbocycles. The fraction of sp³-hybridized carbons (Fsp3) is 0.600. The number of allylic oxidation sites excluding steroid dienone is 2. The number of carboxylic acids is 1. The van der Waals surface area contributed by atoms with Crippen LogP contribution in [0, 0.1) is 5.92 Å². The average Bonchev–Trinajstić information content (AvgIpc) is 2.25. The Morgan fingerprint density at radius 3 is 2.81 bits per heavy atom. The van der Waals surface area contributed by atoms with Gasteiger partial charge in [0.2, 0.25) is 0 Å². The number of methoxy groups -OCH3 is 1. The van der Waals surface area contributed by atoms with Crippen LogP contribution in [0.4, 0.5) is 0 Å². The minimum atomic E-state index is -1.01. The molecule has 1 aliphatic carbocycles. The van der Waals surface area contributed by atoms with E-state index in [1.807, 2.05) is 0 Å². The molecule has 0 aromatic rings. The number of carbonyl (C=O) groups is 1. The predicted molar refractivity (Wildman–Crippen MR) is 58.0 cm³/mol. The zero-order valence-electron chi connectivity index (χ0n) is 9.14. The minimum Gasteiger partial charge on any atom is -0.493 e. The van der Waals surface area contributed by atoms with Gasteiger partial charge in [-0.15, -0.1) is 0 Å². The highest BCUT2D eigenvalue weighted by Crippen LogP contribution is 2.25. The molecule has 1 unspecified atom stereocenters. The lowest BCUT2D eigenvalue weighted by molar-refractivity contribution is -0.135. The largest absolute Gasteiger partial charge is 0.493 e. The van der Waals surface area contributed by atoms with Gasteiger partial charge >= 0.3 is 5.97 Å². The van der Waals surface area contributed by atoms with Crippen molar-refractivity contribution in [2.75, 3.05) is 20.3 Å². The Morgan fingerprint density at radius 2 is 2.31 bits per heavy atom. The van der Waals surface area contributed by atoms with Gasteiger partial charge in [-0.1, -0.05) is 0 Å². The topological polar surface area (TPSA) is 105 Å². The third-order valence-electron chi connectivity index (χ3n) is 2.41. The molecule has 4 N–H and O–H groups in total. The van der Waals surface area contributed by atoms with E-state index in [0.717, 1.165) is 0 Å². The van der Waals surface area contributed by atoms with E-state index in [9.17, 15) is 4.79 Å². The fourth-order valence-corrected chi connectivity index (χ4v) is 1.70. The van der Waals surface area contributed by atoms with E-state index < -0.39 is 5.97 Å². The summed E-state index contributed by atoms with van der Waals surface area (Å²) in [5.74, 6) is -0.565. The maximum atomic E-state index is 10.4. The third kappa shape index (κ3) is 2.96. The molecule has 1 atom stereocenters. The Balaban J connectivity index is 2.90. The highest BCUT2D eigenvalue weighted by molar-refractivity contribution is 6.00. The number of hydrogen-bond acceptors (Lipinski definition) is 5. The smallest absolute Gasteiger partial charge is 0.325 e. The van der Waals surface area contributed by atoms with Crippen molar-refractivity contribution < 1.29 is 19.7 Å². The van der Waals surface area contributed by atoms with Gasteiger partial charge in [-0.05, 0) is 18.8 Å². The van der Waals surface area contributed by atoms with E-state index >= 15 is 0 Å². The summed E-state index contributed by atoms with van der Waals surface area (Å²) in [5.41, 5.74) is 6.80. The molecule has 6 heteroatoms. The van der Waals surface area contributed by atoms with Crippen LogP contribution in [0.15, 0.2) is 16.4 Å². The molecule has 0 aromatic heterocycles. The first-order valence-corrected chi connectivity index (χ1v) is 4.97. The number of ether oxygens (including phenoxy) is 1. The molecular formula is C10H16N2O4. The van der Waals surface area contributed by atoms with Gasteiger partial charge in [-0.25, -0.2) is 0 Å². The van der Waals surface area contributed by atoms with Crippen LogP contribution in [0.5, 0.6) is 0 Å². The molecule has 0 saturated heterocycles. The molecule has 0 fully saturated rings. The van der Waals surface area contributed by atoms with E-state index in [1.165, 1.54) is 7.11 Å². The highest BCUT2D eigenvalue weighted by atomic mass is 16.5. The number of nitrogens with zero attached hydrogens (tertiary/aromatic N) is 1. The van der Waals surface area contributed by atoms with Crippen molar-refractivity contribution in [3.05, 3.63) is 11.5 Å². The Kier molecular flexibility index (Phi) is 4.30. The molecule has 0 spiro atoms. The summed E-state index contributed by atoms with van der Waals surface area (Å²) in [7, 11) is 1.47. The van der Waals surface area contributed by atoms with Gasteiger partial charge in [-0.2, -0.15) is 0 Å². The van der Waals surface area contributed by atoms with Gasteiger partial charge in [0.25, 0.3) is 0 Å². The number of rotatable bonds is 4. The van der Waals surface area contributed by atoms with E-state index in [-0.39, 0.29) is 19.1 Å². The summed E-state index contributed by atoms with van der Waals surface area (Å²) in [6.07, 6.45) is 1.04. The number of carboxylic acid groups (broad SMARTS) is 1. The van der Waals surface area contributed by atoms with Crippen LogP contribution in [0.3, 0.4) is 0 Å². The molecule has 0 aliphatic heterocycles. The van der Waals surface area contributed by atoms with Crippen molar-refractivity contribution >= 4 is 11.7 Å². The van der Waals surface area contributed by atoms with E-state index in [0.29, 0.717) is 30.0 Å². The molecule has 16 heavy (non-hydrogen) atoms. The second-order valence-corrected chi connectivity index (χ2v) is 3.67. The summed E-state index contributed by atoms with van der Waals surface area (Å²) in [4.78, 5) is 14.4. The van der Waals surface area contributed by atoms with Crippen LogP contribution in [0.2, 0.25) is 0 Å². The SMILES string of the molecule is COC1=C(N)CC(CO)CC1=NCC(=O)O. The number of aliphatic imine (C=N–C) groups is 1. The first-order chi connectivity index (χ1) is 7.58. The van der Waals surface area contributed by atoms with Gasteiger partial charge in [0.15, 0.2) is 5.76 Å². The number of nitrogens with two attached hydrogens (primary N) is 1. The van der Waals surface area contributed by atoms with Gasteiger partial charge < -0.3 is 20.7 Å². The van der Waals surface area contributed by atoms with Crippen molar-refractivity contribution in [1.82, 2.24) is 0 Å². The van der Waals surface area contributed by atoms with E-state index in [4.69, 9.17) is 20.7 Å². The summed E-state index contributed by atoms with van der Waals surface area (Å²) >= 11 is 0. The Hall–Kier alpha value is -1.56. The summed E-state index contributed by atoms with van der Waals surface area (Å²) < 4.78 is 5.09. The fourth-order valence-electron chi connectivity index (χ4n) is 1.70. The van der Waals surface area contributed by atoms with Gasteiger partial charge in [0.05, 0.1) is 18.5 Å². The maximum Gasteiger partial charge on any atom is 0.325 e. The molecular weight excluding hydrogens is 212 g/mol. The van der Waals surface area contributed by atoms with Gasteiger partial charge in [-0.3, -0.25) is 9.79 Å². The number of hydrogen-bond donors (Lipinski definition) is 3. The minimum absolute atomic E-state index is 0.00376. The monoisotopic (exact) mass is 228 g/mol. The number of aliphatic carboxylic acids is 1. The van der Waals surface area contributed by atoms with Crippen LogP contribution in [-0.4, -0.2) is 42.2 Å². The lowest BCUT2D eigenvalue weighted by Crippen LogP contribution is -2.26. The normalized spacial score (nSPS) is 23.6. The average molecular weight is 228 g/mol. The van der Waals surface area contributed by atoms with Crippen molar-refractivity contribution in [3.63, 3.8) is 0 Å². The van der Waals surface area contributed by atoms with Crippen molar-refractivity contribution in [1.29, 1.82) is 0 Å². The first kappa shape index (κ1) is 12.5. The van der Waals surface area contributed by atoms with Crippen molar-refractivity contribution in [3.8, 4) is 0 Å². The first-order valence-electron chi connectivity index (χ1n) is 4.97. The van der Waals surface area contributed by atoms with Gasteiger partial charge in [0, 0.05) is 6.61 Å². The molecule has 0 amide bonds. The lowest BCUT2D eigenvalue weighted by Gasteiger charge is -2.24. The Bertz CT molecular complexity index is 336. The third-order valence-corrected chi connectivity index (χ3v) is 2.41. The molecule has 90 valence electrons. The molecule has 0 radical (unpaired) electrons. The van der Waals surface area contributed by atoms with Crippen molar-refractivity contribution in [2.24, 2.45) is 16.6 Å². The zero-order chi connectivity index (χ0) is 12.1. The van der Waals surface area contributed by atoms with Crippen LogP contribution in [0.25, 0.3) is 0 Å². The molecule has 0 bridgehead atoms. The predicted octanol–water partition coefficient (Wildman–Crippen LogP) is -0.269. The molecule has 1 aliphatic rings. The van der Waals surface area contributed by atoms with Crippen molar-refractivity contribution in [2.45, 2.75) is 12.8 Å². The zero-order valence-corrected chi connectivity index (χ0v) is 9.14. The standard InChI is InChI=1S/C10H16N2O4/c1-16-10-7(11)2-6(5-13)3-8(10)12-4-9(14)15/h6,13H,2-5,11H2,1H3,(H,14,15). The van der Waals surface area contributed by atoms with Gasteiger partial charge in [0.1, 0.15) is 6.54 Å². The molecule has 0 heterocycles. The molecule has 6 nitrogen and oxygen atoms in total. The Morgan fingerprint density at radius 1 is 1.62 bits per heavy atom. The second kappa shape index (κ2) is 5.50. The second-order valence-electron chi connectivity index (χ2n) is 3.67. The number of aliphatic hydroxyl groups excluding tert-OH is 1. The van der Waals surface area contributed by atoms with Crippen LogP contribution >= 0.6 is 0 Å². The molecule has 0 saturated carbocycles. The Labute approximate surface area is 93.4 Å². The summed E-state index contributed by atoms with van der Waals surface area (Å²) in [6, 6.07) is 0. The highest BCUT2D eigenvalue weighted by Gasteiger charge is 2.25. The number of aliphatic hydroxyl groups is 1. The van der Waals surface area contributed by atoms with E-state index in [1.54, 1.807) is 0 Å². The maximum absolute atomic E-state index is 10.4. The van der Waals surface area contributed by atoms with E-state index in [2.05, 4.69) is 4.99 Å². The van der Waals surface area contributed by atoms with Crippen LogP contribution < -0.4 is 5.73 Å². The molecule has 1 rings (SSSR count).